The largest absolute Gasteiger partial charge is 0.313 e. The molecule has 0 saturated carbocycles. The van der Waals surface area contributed by atoms with E-state index in [0.717, 1.165) is 18.1 Å². The molecule has 3 heteroatoms. The van der Waals surface area contributed by atoms with Crippen LogP contribution in [0.4, 0.5) is 0 Å². The van der Waals surface area contributed by atoms with Crippen LogP contribution in [0, 0.1) is 0 Å². The Morgan fingerprint density at radius 2 is 2.12 bits per heavy atom. The van der Waals surface area contributed by atoms with Gasteiger partial charge in [0, 0.05) is 12.7 Å². The highest BCUT2D eigenvalue weighted by molar-refractivity contribution is 7.99. The SMILES string of the molecule is CCCCCSc1ccc(CNCC)cn1. The lowest BCUT2D eigenvalue weighted by molar-refractivity contribution is 0.722. The van der Waals surface area contributed by atoms with Gasteiger partial charge in [0.2, 0.25) is 0 Å². The number of unbranched alkanes of at least 4 members (excludes halogenated alkanes) is 2. The summed E-state index contributed by atoms with van der Waals surface area (Å²) in [6, 6.07) is 4.29. The van der Waals surface area contributed by atoms with Gasteiger partial charge in [-0.2, -0.15) is 0 Å². The normalized spacial score (nSPS) is 10.6. The Kier molecular flexibility index (Phi) is 7.26. The smallest absolute Gasteiger partial charge is 0.0960 e. The third-order valence-electron chi connectivity index (χ3n) is 2.37. The second-order valence-corrected chi connectivity index (χ2v) is 4.96. The van der Waals surface area contributed by atoms with E-state index in [1.165, 1.54) is 30.6 Å². The van der Waals surface area contributed by atoms with Crippen LogP contribution in [0.5, 0.6) is 0 Å². The van der Waals surface area contributed by atoms with Crippen molar-refractivity contribution in [3.8, 4) is 0 Å². The van der Waals surface area contributed by atoms with Crippen molar-refractivity contribution in [1.82, 2.24) is 10.3 Å². The number of aromatic nitrogens is 1. The minimum Gasteiger partial charge on any atom is -0.313 e. The van der Waals surface area contributed by atoms with E-state index >= 15 is 0 Å². The number of hydrogen-bond acceptors (Lipinski definition) is 3. The first-order chi connectivity index (χ1) is 7.86. The third-order valence-corrected chi connectivity index (χ3v) is 3.40. The van der Waals surface area contributed by atoms with Crippen LogP contribution in [0.2, 0.25) is 0 Å². The zero-order chi connectivity index (χ0) is 11.6. The molecule has 0 bridgehead atoms. The van der Waals surface area contributed by atoms with Gasteiger partial charge in [-0.3, -0.25) is 0 Å². The van der Waals surface area contributed by atoms with Crippen molar-refractivity contribution in [2.24, 2.45) is 0 Å². The van der Waals surface area contributed by atoms with E-state index in [0.29, 0.717) is 0 Å². The first-order valence-electron chi connectivity index (χ1n) is 6.15. The molecular weight excluding hydrogens is 216 g/mol. The van der Waals surface area contributed by atoms with Gasteiger partial charge in [-0.05, 0) is 30.3 Å². The standard InChI is InChI=1S/C13H22N2S/c1-3-5-6-9-16-13-8-7-12(11-15-13)10-14-4-2/h7-8,11,14H,3-6,9-10H2,1-2H3. The highest BCUT2D eigenvalue weighted by Gasteiger charge is 1.96. The van der Waals surface area contributed by atoms with Crippen molar-refractivity contribution in [3.63, 3.8) is 0 Å². The molecule has 0 fully saturated rings. The first-order valence-corrected chi connectivity index (χ1v) is 7.13. The Balaban J connectivity index is 2.27. The molecule has 1 N–H and O–H groups in total. The van der Waals surface area contributed by atoms with Gasteiger partial charge in [0.15, 0.2) is 0 Å². The van der Waals surface area contributed by atoms with Gasteiger partial charge < -0.3 is 5.32 Å². The molecule has 0 saturated heterocycles. The molecule has 16 heavy (non-hydrogen) atoms. The summed E-state index contributed by atoms with van der Waals surface area (Å²) < 4.78 is 0. The highest BCUT2D eigenvalue weighted by atomic mass is 32.2. The number of hydrogen-bond donors (Lipinski definition) is 1. The van der Waals surface area contributed by atoms with Crippen LogP contribution in [0.1, 0.15) is 38.7 Å². The molecule has 0 aliphatic heterocycles. The molecule has 90 valence electrons. The minimum atomic E-state index is 0.921. The molecule has 2 nitrogen and oxygen atoms in total. The molecule has 0 spiro atoms. The Bertz CT molecular complexity index is 272. The maximum absolute atomic E-state index is 4.45. The third kappa shape index (κ3) is 5.52. The molecule has 1 rings (SSSR count). The van der Waals surface area contributed by atoms with Gasteiger partial charge >= 0.3 is 0 Å². The topological polar surface area (TPSA) is 24.9 Å². The van der Waals surface area contributed by atoms with Gasteiger partial charge in [0.25, 0.3) is 0 Å². The molecule has 1 aromatic rings. The molecular formula is C13H22N2S. The fourth-order valence-electron chi connectivity index (χ4n) is 1.40. The number of nitrogens with one attached hydrogen (secondary N) is 1. The summed E-state index contributed by atoms with van der Waals surface area (Å²) in [6.45, 7) is 6.28. The molecule has 1 aromatic heterocycles. The second kappa shape index (κ2) is 8.59. The number of nitrogens with zero attached hydrogens (tertiary/aromatic N) is 1. The second-order valence-electron chi connectivity index (χ2n) is 3.84. The molecule has 0 radical (unpaired) electrons. The van der Waals surface area contributed by atoms with Gasteiger partial charge in [-0.1, -0.05) is 32.8 Å². The lowest BCUT2D eigenvalue weighted by Gasteiger charge is -2.03. The molecule has 0 unspecified atom stereocenters. The quantitative estimate of drug-likeness (QED) is 0.554. The van der Waals surface area contributed by atoms with Crippen LogP contribution in [0.15, 0.2) is 23.4 Å². The summed E-state index contributed by atoms with van der Waals surface area (Å²) in [4.78, 5) is 4.45. The van der Waals surface area contributed by atoms with Crippen LogP contribution in [-0.2, 0) is 6.54 Å². The molecule has 0 amide bonds. The molecule has 0 atom stereocenters. The number of rotatable bonds is 8. The average Bonchev–Trinajstić information content (AvgIpc) is 2.33. The van der Waals surface area contributed by atoms with E-state index in [2.05, 4.69) is 36.3 Å². The van der Waals surface area contributed by atoms with Gasteiger partial charge in [-0.25, -0.2) is 4.98 Å². The van der Waals surface area contributed by atoms with E-state index in [9.17, 15) is 0 Å². The molecule has 0 aliphatic rings. The van der Waals surface area contributed by atoms with Crippen LogP contribution >= 0.6 is 11.8 Å². The van der Waals surface area contributed by atoms with E-state index in [-0.39, 0.29) is 0 Å². The van der Waals surface area contributed by atoms with E-state index in [1.807, 2.05) is 18.0 Å². The fourth-order valence-corrected chi connectivity index (χ4v) is 2.25. The van der Waals surface area contributed by atoms with Crippen molar-refractivity contribution in [1.29, 1.82) is 0 Å². The maximum Gasteiger partial charge on any atom is 0.0960 e. The predicted molar refractivity (Wildman–Crippen MR) is 71.9 cm³/mol. The average molecular weight is 238 g/mol. The predicted octanol–water partition coefficient (Wildman–Crippen LogP) is 3.47. The monoisotopic (exact) mass is 238 g/mol. The van der Waals surface area contributed by atoms with Crippen molar-refractivity contribution in [2.45, 2.75) is 44.7 Å². The lowest BCUT2D eigenvalue weighted by atomic mass is 10.3. The van der Waals surface area contributed by atoms with E-state index in [4.69, 9.17) is 0 Å². The van der Waals surface area contributed by atoms with Gasteiger partial charge in [0.05, 0.1) is 5.03 Å². The van der Waals surface area contributed by atoms with Crippen molar-refractivity contribution in [2.75, 3.05) is 12.3 Å². The van der Waals surface area contributed by atoms with Gasteiger partial charge in [-0.15, -0.1) is 11.8 Å². The Morgan fingerprint density at radius 3 is 2.75 bits per heavy atom. The molecule has 0 aliphatic carbocycles. The Hall–Kier alpha value is -0.540. The summed E-state index contributed by atoms with van der Waals surface area (Å²) in [7, 11) is 0. The number of thioether (sulfide) groups is 1. The fraction of sp³-hybridized carbons (Fsp3) is 0.615. The summed E-state index contributed by atoms with van der Waals surface area (Å²) in [6.07, 6.45) is 5.88. The first kappa shape index (κ1) is 13.5. The van der Waals surface area contributed by atoms with Crippen LogP contribution in [0.25, 0.3) is 0 Å². The van der Waals surface area contributed by atoms with E-state index in [1.54, 1.807) is 0 Å². The van der Waals surface area contributed by atoms with Gasteiger partial charge in [0.1, 0.15) is 0 Å². The summed E-state index contributed by atoms with van der Waals surface area (Å²) in [5.41, 5.74) is 1.26. The Morgan fingerprint density at radius 1 is 1.25 bits per heavy atom. The summed E-state index contributed by atoms with van der Waals surface area (Å²) >= 11 is 1.86. The summed E-state index contributed by atoms with van der Waals surface area (Å²) in [5.74, 6) is 1.19. The van der Waals surface area contributed by atoms with E-state index < -0.39 is 0 Å². The minimum absolute atomic E-state index is 0.921. The zero-order valence-electron chi connectivity index (χ0n) is 10.3. The zero-order valence-corrected chi connectivity index (χ0v) is 11.1. The summed E-state index contributed by atoms with van der Waals surface area (Å²) in [5, 5.41) is 4.45. The molecule has 0 aromatic carbocycles. The lowest BCUT2D eigenvalue weighted by Crippen LogP contribution is -2.11. The van der Waals surface area contributed by atoms with Crippen LogP contribution < -0.4 is 5.32 Å². The number of pyridine rings is 1. The van der Waals surface area contributed by atoms with Crippen LogP contribution in [0.3, 0.4) is 0 Å². The van der Waals surface area contributed by atoms with Crippen molar-refractivity contribution >= 4 is 11.8 Å². The van der Waals surface area contributed by atoms with Crippen molar-refractivity contribution < 1.29 is 0 Å². The maximum atomic E-state index is 4.45. The van der Waals surface area contributed by atoms with Crippen molar-refractivity contribution in [3.05, 3.63) is 23.9 Å². The Labute approximate surface area is 103 Å². The highest BCUT2D eigenvalue weighted by Crippen LogP contribution is 2.17. The van der Waals surface area contributed by atoms with Crippen LogP contribution in [-0.4, -0.2) is 17.3 Å². The molecule has 1 heterocycles.